The molecule has 0 aliphatic heterocycles. The molecule has 0 aromatic carbocycles. The van der Waals surface area contributed by atoms with Crippen molar-refractivity contribution in [3.05, 3.63) is 0 Å². The second-order valence-corrected chi connectivity index (χ2v) is 5.45. The van der Waals surface area contributed by atoms with Crippen molar-refractivity contribution in [2.45, 2.75) is 67.2 Å². The zero-order chi connectivity index (χ0) is 11.1. The van der Waals surface area contributed by atoms with Crippen LogP contribution in [0.4, 0.5) is 0 Å². The van der Waals surface area contributed by atoms with Gasteiger partial charge in [0.2, 0.25) is 0 Å². The Labute approximate surface area is 91.5 Å². The molecule has 0 aliphatic rings. The van der Waals surface area contributed by atoms with Crippen molar-refractivity contribution in [1.29, 1.82) is 0 Å². The van der Waals surface area contributed by atoms with E-state index < -0.39 is 0 Å². The molecule has 0 aromatic rings. The first kappa shape index (κ1) is 14.0. The largest absolute Gasteiger partial charge is 0.0651 e. The Kier molecular flexibility index (Phi) is 7.31. The molecule has 4 atom stereocenters. The molecule has 0 saturated heterocycles. The summed E-state index contributed by atoms with van der Waals surface area (Å²) in [7, 11) is 0. The van der Waals surface area contributed by atoms with E-state index in [9.17, 15) is 0 Å². The van der Waals surface area contributed by atoms with E-state index in [2.05, 4.69) is 41.5 Å². The van der Waals surface area contributed by atoms with Crippen LogP contribution in [0.15, 0.2) is 0 Å². The monoisotopic (exact) mass is 198 g/mol. The van der Waals surface area contributed by atoms with Gasteiger partial charge < -0.3 is 0 Å². The van der Waals surface area contributed by atoms with Gasteiger partial charge in [-0.2, -0.15) is 0 Å². The number of rotatable bonds is 7. The smallest absolute Gasteiger partial charge is 0.0414 e. The van der Waals surface area contributed by atoms with Crippen LogP contribution in [0.5, 0.6) is 0 Å². The van der Waals surface area contributed by atoms with Gasteiger partial charge in [0.05, 0.1) is 0 Å². The lowest BCUT2D eigenvalue weighted by Gasteiger charge is -2.24. The molecule has 0 aromatic heterocycles. The minimum atomic E-state index is 0.902. The first-order valence-electron chi connectivity index (χ1n) is 6.51. The Balaban J connectivity index is 3.80. The topological polar surface area (TPSA) is 0 Å². The van der Waals surface area contributed by atoms with Gasteiger partial charge >= 0.3 is 0 Å². The van der Waals surface area contributed by atoms with E-state index in [1.807, 2.05) is 0 Å². The predicted octanol–water partition coefficient (Wildman–Crippen LogP) is 5.13. The Morgan fingerprint density at radius 3 is 1.14 bits per heavy atom. The van der Waals surface area contributed by atoms with Crippen LogP contribution in [0.25, 0.3) is 0 Å². The van der Waals surface area contributed by atoms with Crippen LogP contribution in [-0.2, 0) is 0 Å². The summed E-state index contributed by atoms with van der Waals surface area (Å²) in [5, 5.41) is 0. The van der Waals surface area contributed by atoms with Crippen molar-refractivity contribution in [2.24, 2.45) is 23.7 Å². The lowest BCUT2D eigenvalue weighted by Crippen LogP contribution is -2.14. The summed E-state index contributed by atoms with van der Waals surface area (Å²) in [6, 6.07) is 0. The SMILES string of the molecule is CCC(C)CC(C)C(C)CC(C)CC. The molecule has 0 nitrogen and oxygen atoms in total. The van der Waals surface area contributed by atoms with Gasteiger partial charge in [-0.3, -0.25) is 0 Å². The van der Waals surface area contributed by atoms with Crippen molar-refractivity contribution < 1.29 is 0 Å². The standard InChI is InChI=1S/C14H30/c1-7-11(3)9-13(5)14(6)10-12(4)8-2/h11-14H,7-10H2,1-6H3. The lowest BCUT2D eigenvalue weighted by molar-refractivity contribution is 0.264. The quantitative estimate of drug-likeness (QED) is 0.532. The van der Waals surface area contributed by atoms with Crippen LogP contribution < -0.4 is 0 Å². The summed E-state index contributed by atoms with van der Waals surface area (Å²) in [6.07, 6.45) is 5.49. The van der Waals surface area contributed by atoms with Crippen molar-refractivity contribution in [2.75, 3.05) is 0 Å². The maximum absolute atomic E-state index is 2.43. The summed E-state index contributed by atoms with van der Waals surface area (Å²) in [6.45, 7) is 14.2. The van der Waals surface area contributed by atoms with Crippen LogP contribution >= 0.6 is 0 Å². The van der Waals surface area contributed by atoms with Gasteiger partial charge in [0.1, 0.15) is 0 Å². The van der Waals surface area contributed by atoms with E-state index >= 15 is 0 Å². The molecule has 0 fully saturated rings. The van der Waals surface area contributed by atoms with E-state index in [0.29, 0.717) is 0 Å². The molecule has 4 unspecified atom stereocenters. The second kappa shape index (κ2) is 7.31. The van der Waals surface area contributed by atoms with E-state index in [-0.39, 0.29) is 0 Å². The highest BCUT2D eigenvalue weighted by molar-refractivity contribution is 4.67. The molecule has 14 heavy (non-hydrogen) atoms. The average Bonchev–Trinajstić information content (AvgIpc) is 2.17. The molecule has 0 saturated carbocycles. The third kappa shape index (κ3) is 5.67. The Morgan fingerprint density at radius 2 is 0.929 bits per heavy atom. The maximum atomic E-state index is 2.43. The summed E-state index contributed by atoms with van der Waals surface area (Å²) < 4.78 is 0. The molecule has 0 spiro atoms. The molecule has 0 aliphatic carbocycles. The van der Waals surface area contributed by atoms with Crippen molar-refractivity contribution in [1.82, 2.24) is 0 Å². The Hall–Kier alpha value is 0. The zero-order valence-corrected chi connectivity index (χ0v) is 11.1. The fourth-order valence-electron chi connectivity index (χ4n) is 2.07. The molecule has 0 amide bonds. The maximum Gasteiger partial charge on any atom is -0.0414 e. The molecule has 0 bridgehead atoms. The van der Waals surface area contributed by atoms with Gasteiger partial charge in [0, 0.05) is 0 Å². The predicted molar refractivity (Wildman–Crippen MR) is 66.5 cm³/mol. The van der Waals surface area contributed by atoms with Gasteiger partial charge in [0.15, 0.2) is 0 Å². The molecular formula is C14H30. The van der Waals surface area contributed by atoms with E-state index in [0.717, 1.165) is 23.7 Å². The van der Waals surface area contributed by atoms with Gasteiger partial charge in [0.25, 0.3) is 0 Å². The fraction of sp³-hybridized carbons (Fsp3) is 1.00. The van der Waals surface area contributed by atoms with Crippen LogP contribution in [0.2, 0.25) is 0 Å². The van der Waals surface area contributed by atoms with Crippen molar-refractivity contribution in [3.8, 4) is 0 Å². The minimum Gasteiger partial charge on any atom is -0.0651 e. The zero-order valence-electron chi connectivity index (χ0n) is 11.1. The van der Waals surface area contributed by atoms with E-state index in [4.69, 9.17) is 0 Å². The first-order chi connectivity index (χ1) is 6.51. The molecule has 0 heteroatoms. The van der Waals surface area contributed by atoms with Crippen molar-refractivity contribution >= 4 is 0 Å². The summed E-state index contributed by atoms with van der Waals surface area (Å²) in [5.74, 6) is 3.62. The van der Waals surface area contributed by atoms with E-state index in [1.54, 1.807) is 0 Å². The van der Waals surface area contributed by atoms with E-state index in [1.165, 1.54) is 25.7 Å². The molecule has 0 rings (SSSR count). The molecule has 86 valence electrons. The summed E-state index contributed by atoms with van der Waals surface area (Å²) in [5.41, 5.74) is 0. The molecule has 0 heterocycles. The van der Waals surface area contributed by atoms with Crippen LogP contribution in [0.1, 0.15) is 67.2 Å². The average molecular weight is 198 g/mol. The highest BCUT2D eigenvalue weighted by Gasteiger charge is 2.16. The minimum absolute atomic E-state index is 0.902. The molecule has 0 radical (unpaired) electrons. The normalized spacial score (nSPS) is 20.1. The molecular weight excluding hydrogens is 168 g/mol. The second-order valence-electron chi connectivity index (χ2n) is 5.45. The van der Waals surface area contributed by atoms with Gasteiger partial charge in [-0.25, -0.2) is 0 Å². The lowest BCUT2D eigenvalue weighted by atomic mass is 9.81. The van der Waals surface area contributed by atoms with Gasteiger partial charge in [-0.05, 0) is 36.5 Å². The Bertz CT molecular complexity index is 112. The molecule has 0 N–H and O–H groups in total. The summed E-state index contributed by atoms with van der Waals surface area (Å²) in [4.78, 5) is 0. The summed E-state index contributed by atoms with van der Waals surface area (Å²) >= 11 is 0. The van der Waals surface area contributed by atoms with Gasteiger partial charge in [-0.15, -0.1) is 0 Å². The fourth-order valence-corrected chi connectivity index (χ4v) is 2.07. The highest BCUT2D eigenvalue weighted by atomic mass is 14.2. The third-order valence-corrected chi connectivity index (χ3v) is 3.91. The van der Waals surface area contributed by atoms with Gasteiger partial charge in [-0.1, -0.05) is 54.4 Å². The number of hydrogen-bond donors (Lipinski definition) is 0. The first-order valence-corrected chi connectivity index (χ1v) is 6.51. The van der Waals surface area contributed by atoms with Crippen LogP contribution in [0.3, 0.4) is 0 Å². The van der Waals surface area contributed by atoms with Crippen LogP contribution in [0, 0.1) is 23.7 Å². The third-order valence-electron chi connectivity index (χ3n) is 3.91. The van der Waals surface area contributed by atoms with Crippen molar-refractivity contribution in [3.63, 3.8) is 0 Å². The van der Waals surface area contributed by atoms with Crippen LogP contribution in [-0.4, -0.2) is 0 Å². The Morgan fingerprint density at radius 1 is 0.643 bits per heavy atom. The highest BCUT2D eigenvalue weighted by Crippen LogP contribution is 2.27. The number of hydrogen-bond acceptors (Lipinski definition) is 0.